The van der Waals surface area contributed by atoms with Gasteiger partial charge in [0.05, 0.1) is 16.9 Å². The fourth-order valence-electron chi connectivity index (χ4n) is 3.91. The maximum Gasteiger partial charge on any atom is 0.246 e. The Hall–Kier alpha value is -3.42. The number of thiazole rings is 1. The molecule has 0 atom stereocenters. The minimum Gasteiger partial charge on any atom is -0.436 e. The number of halogens is 1. The second-order valence-electron chi connectivity index (χ2n) is 7.99. The third kappa shape index (κ3) is 5.16. The summed E-state index contributed by atoms with van der Waals surface area (Å²) in [6.45, 7) is 6.18. The third-order valence-corrected chi connectivity index (χ3v) is 7.20. The predicted octanol–water partition coefficient (Wildman–Crippen LogP) is 7.76. The van der Waals surface area contributed by atoms with Gasteiger partial charge in [-0.1, -0.05) is 46.3 Å². The lowest BCUT2D eigenvalue weighted by atomic mass is 10.1. The van der Waals surface area contributed by atoms with Crippen molar-refractivity contribution in [3.63, 3.8) is 0 Å². The van der Waals surface area contributed by atoms with E-state index in [1.165, 1.54) is 0 Å². The summed E-state index contributed by atoms with van der Waals surface area (Å²) in [4.78, 5) is 7.22. The summed E-state index contributed by atoms with van der Waals surface area (Å²) in [5.41, 5.74) is 9.28. The summed E-state index contributed by atoms with van der Waals surface area (Å²) in [7, 11) is 0. The molecule has 0 aliphatic rings. The molecule has 0 unspecified atom stereocenters. The van der Waals surface area contributed by atoms with E-state index in [-0.39, 0.29) is 0 Å². The normalized spacial score (nSPS) is 11.7. The monoisotopic (exact) mass is 544 g/mol. The number of nitrogens with one attached hydrogen (secondary N) is 1. The molecule has 2 heterocycles. The van der Waals surface area contributed by atoms with Crippen LogP contribution in [0.15, 0.2) is 98.2 Å². The molecule has 5 nitrogen and oxygen atoms in total. The maximum absolute atomic E-state index is 6.38. The van der Waals surface area contributed by atoms with Gasteiger partial charge in [-0.2, -0.15) is 0 Å². The van der Waals surface area contributed by atoms with Crippen LogP contribution in [-0.4, -0.2) is 18.1 Å². The molecule has 5 rings (SSSR count). The average molecular weight is 546 g/mol. The first kappa shape index (κ1) is 23.3. The Balaban J connectivity index is 1.62. The van der Waals surface area contributed by atoms with E-state index in [1.807, 2.05) is 42.5 Å². The second-order valence-corrected chi connectivity index (χ2v) is 9.77. The van der Waals surface area contributed by atoms with E-state index in [1.54, 1.807) is 11.3 Å². The fourth-order valence-corrected chi connectivity index (χ4v) is 5.01. The van der Waals surface area contributed by atoms with Crippen molar-refractivity contribution in [2.75, 3.05) is 23.4 Å². The molecule has 0 radical (unpaired) electrons. The van der Waals surface area contributed by atoms with Gasteiger partial charge in [0.15, 0.2) is 0 Å². The van der Waals surface area contributed by atoms with Crippen molar-refractivity contribution < 1.29 is 4.42 Å². The van der Waals surface area contributed by atoms with Gasteiger partial charge in [0.2, 0.25) is 5.55 Å². The zero-order chi connectivity index (χ0) is 24.2. The van der Waals surface area contributed by atoms with Crippen LogP contribution in [-0.2, 0) is 0 Å². The van der Waals surface area contributed by atoms with Crippen molar-refractivity contribution in [1.82, 2.24) is 4.98 Å². The average Bonchev–Trinajstić information content (AvgIpc) is 3.39. The van der Waals surface area contributed by atoms with Crippen LogP contribution >= 0.6 is 27.3 Å². The summed E-state index contributed by atoms with van der Waals surface area (Å²) in [6, 6.07) is 26.5. The summed E-state index contributed by atoms with van der Waals surface area (Å²) < 4.78 is 7.43. The van der Waals surface area contributed by atoms with Gasteiger partial charge in [-0.3, -0.25) is 5.43 Å². The summed E-state index contributed by atoms with van der Waals surface area (Å²) in [5, 5.41) is 8.58. The topological polar surface area (TPSA) is 53.7 Å². The van der Waals surface area contributed by atoms with Crippen molar-refractivity contribution in [2.24, 2.45) is 5.10 Å². The van der Waals surface area contributed by atoms with Crippen LogP contribution in [0.4, 0.5) is 11.4 Å². The van der Waals surface area contributed by atoms with Crippen LogP contribution in [0.5, 0.6) is 0 Å². The van der Waals surface area contributed by atoms with Crippen molar-refractivity contribution in [2.45, 2.75) is 13.8 Å². The van der Waals surface area contributed by atoms with E-state index in [9.17, 15) is 0 Å². The number of benzene rings is 3. The molecule has 0 amide bonds. The molecule has 1 N–H and O–H groups in total. The van der Waals surface area contributed by atoms with Crippen molar-refractivity contribution in [3.05, 3.63) is 94.3 Å². The molecule has 5 aromatic rings. The first-order valence-corrected chi connectivity index (χ1v) is 13.2. The van der Waals surface area contributed by atoms with E-state index < -0.39 is 0 Å². The Kier molecular flexibility index (Phi) is 6.97. The molecule has 35 heavy (non-hydrogen) atoms. The molecule has 7 heteroatoms. The highest BCUT2D eigenvalue weighted by Gasteiger charge is 2.13. The number of fused-ring (bicyclic) bond motifs is 1. The van der Waals surface area contributed by atoms with Crippen LogP contribution in [0.2, 0.25) is 0 Å². The minimum atomic E-state index is 0.495. The quantitative estimate of drug-likeness (QED) is 0.213. The van der Waals surface area contributed by atoms with E-state index in [0.717, 1.165) is 61.7 Å². The van der Waals surface area contributed by atoms with Gasteiger partial charge >= 0.3 is 0 Å². The molecule has 0 aliphatic carbocycles. The van der Waals surface area contributed by atoms with E-state index >= 15 is 0 Å². The Morgan fingerprint density at radius 1 is 0.971 bits per heavy atom. The van der Waals surface area contributed by atoms with Crippen LogP contribution in [0, 0.1) is 0 Å². The van der Waals surface area contributed by atoms with Crippen molar-refractivity contribution in [3.8, 4) is 21.8 Å². The molecular formula is C28H25BrN4OS. The number of nitrogens with zero attached hydrogens (tertiary/aromatic N) is 3. The molecule has 0 saturated carbocycles. The fraction of sp³-hybridized carbons (Fsp3) is 0.143. The molecule has 2 aromatic heterocycles. The Morgan fingerprint density at radius 3 is 2.49 bits per heavy atom. The van der Waals surface area contributed by atoms with Crippen LogP contribution in [0.1, 0.15) is 13.8 Å². The minimum absolute atomic E-state index is 0.495. The molecule has 3 aromatic carbocycles. The zero-order valence-corrected chi connectivity index (χ0v) is 21.9. The molecule has 0 fully saturated rings. The van der Waals surface area contributed by atoms with E-state index in [0.29, 0.717) is 5.55 Å². The molecule has 0 aliphatic heterocycles. The molecule has 176 valence electrons. The summed E-state index contributed by atoms with van der Waals surface area (Å²) in [5.74, 6) is 0. The van der Waals surface area contributed by atoms with Crippen molar-refractivity contribution in [1.29, 1.82) is 0 Å². The Bertz CT molecular complexity index is 1510. The highest BCUT2D eigenvalue weighted by Crippen LogP contribution is 2.30. The maximum atomic E-state index is 6.38. The second kappa shape index (κ2) is 10.5. The Morgan fingerprint density at radius 2 is 1.74 bits per heavy atom. The van der Waals surface area contributed by atoms with E-state index in [4.69, 9.17) is 9.40 Å². The van der Waals surface area contributed by atoms with Gasteiger partial charge in [0.25, 0.3) is 0 Å². The number of hydrogen-bond acceptors (Lipinski definition) is 6. The molecular weight excluding hydrogens is 520 g/mol. The molecule has 0 saturated heterocycles. The van der Waals surface area contributed by atoms with Gasteiger partial charge in [0.1, 0.15) is 10.6 Å². The first-order valence-electron chi connectivity index (χ1n) is 11.5. The molecule has 0 spiro atoms. The number of anilines is 2. The largest absolute Gasteiger partial charge is 0.436 e. The lowest BCUT2D eigenvalue weighted by molar-refractivity contribution is 0.543. The van der Waals surface area contributed by atoms with Gasteiger partial charge in [-0.25, -0.2) is 4.98 Å². The summed E-state index contributed by atoms with van der Waals surface area (Å²) in [6.07, 6.45) is 0. The Labute approximate surface area is 216 Å². The molecule has 0 bridgehead atoms. The van der Waals surface area contributed by atoms with Crippen molar-refractivity contribution >= 4 is 49.6 Å². The number of para-hydroxylation sites is 1. The lowest BCUT2D eigenvalue weighted by Crippen LogP contribution is -2.21. The van der Waals surface area contributed by atoms with Gasteiger partial charge in [0, 0.05) is 45.6 Å². The predicted molar refractivity (Wildman–Crippen MR) is 150 cm³/mol. The zero-order valence-electron chi connectivity index (χ0n) is 19.5. The lowest BCUT2D eigenvalue weighted by Gasteiger charge is -2.21. The smallest absolute Gasteiger partial charge is 0.246 e. The van der Waals surface area contributed by atoms with Crippen LogP contribution in [0.3, 0.4) is 0 Å². The van der Waals surface area contributed by atoms with Gasteiger partial charge < -0.3 is 9.32 Å². The van der Waals surface area contributed by atoms with E-state index in [2.05, 4.69) is 87.0 Å². The van der Waals surface area contributed by atoms with Crippen LogP contribution in [0.25, 0.3) is 32.8 Å². The third-order valence-electron chi connectivity index (χ3n) is 5.80. The number of aromatic nitrogens is 1. The highest BCUT2D eigenvalue weighted by atomic mass is 79.9. The first-order chi connectivity index (χ1) is 17.1. The highest BCUT2D eigenvalue weighted by molar-refractivity contribution is 9.10. The number of hydrogen-bond donors (Lipinski definition) is 1. The van der Waals surface area contributed by atoms with Gasteiger partial charge in [-0.15, -0.1) is 16.4 Å². The SMILES string of the molecule is CCN(CC)c1ccc2cc(-c3nc(-c4ccc(Br)cc4)cs3)/c(=N/Nc3ccccc3)oc2c1. The summed E-state index contributed by atoms with van der Waals surface area (Å²) >= 11 is 5.08. The standard InChI is InChI=1S/C28H25BrN4OS/c1-3-33(4-2)23-15-12-20-16-24(28-30-25(18-35-28)19-10-13-21(29)14-11-19)27(34-26(20)17-23)32-31-22-8-6-5-7-9-22/h5-18,31H,3-4H2,1-2H3/b32-27-. The number of rotatable bonds is 7. The van der Waals surface area contributed by atoms with Crippen LogP contribution < -0.4 is 15.9 Å². The van der Waals surface area contributed by atoms with Gasteiger partial charge in [-0.05, 0) is 56.3 Å².